The van der Waals surface area contributed by atoms with Gasteiger partial charge in [0, 0.05) is 30.9 Å². The second kappa shape index (κ2) is 8.90. The minimum atomic E-state index is -1.13. The SMILES string of the molecule is Cn1cc(-c2ccc(Nc3cc(OCc4ccccc4)c(C(=O)O)s3)c([N+](=O)[O-])c2)cn1. The van der Waals surface area contributed by atoms with Crippen LogP contribution >= 0.6 is 11.3 Å². The van der Waals surface area contributed by atoms with E-state index in [1.165, 1.54) is 12.1 Å². The summed E-state index contributed by atoms with van der Waals surface area (Å²) >= 11 is 0.950. The first-order valence-corrected chi connectivity index (χ1v) is 10.3. The number of carboxylic acid groups (broad SMARTS) is 1. The third-order valence-corrected chi connectivity index (χ3v) is 5.64. The van der Waals surface area contributed by atoms with Crippen LogP contribution in [0.15, 0.2) is 67.0 Å². The van der Waals surface area contributed by atoms with Crippen LogP contribution < -0.4 is 10.1 Å². The first-order valence-electron chi connectivity index (χ1n) is 9.49. The van der Waals surface area contributed by atoms with Crippen molar-refractivity contribution in [2.45, 2.75) is 6.61 Å². The van der Waals surface area contributed by atoms with Crippen molar-refractivity contribution in [1.82, 2.24) is 9.78 Å². The Morgan fingerprint density at radius 3 is 2.66 bits per heavy atom. The normalized spacial score (nSPS) is 10.7. The summed E-state index contributed by atoms with van der Waals surface area (Å²) in [5.74, 6) is -0.934. The summed E-state index contributed by atoms with van der Waals surface area (Å²) in [4.78, 5) is 22.9. The standard InChI is InChI=1S/C22H18N4O5S/c1-25-12-16(11-23-25)15-7-8-17(18(9-15)26(29)30)24-20-10-19(21(32-20)22(27)28)31-13-14-5-3-2-4-6-14/h2-12,24H,13H2,1H3,(H,27,28). The number of hydrogen-bond donors (Lipinski definition) is 2. The zero-order valence-corrected chi connectivity index (χ0v) is 17.7. The molecule has 0 fully saturated rings. The maximum Gasteiger partial charge on any atom is 0.349 e. The van der Waals surface area contributed by atoms with Crippen LogP contribution in [0.4, 0.5) is 16.4 Å². The van der Waals surface area contributed by atoms with E-state index < -0.39 is 10.9 Å². The molecule has 32 heavy (non-hydrogen) atoms. The van der Waals surface area contributed by atoms with Crippen LogP contribution in [-0.4, -0.2) is 25.8 Å². The van der Waals surface area contributed by atoms with E-state index in [1.54, 1.807) is 36.3 Å². The molecule has 0 aliphatic heterocycles. The number of nitro groups is 1. The predicted molar refractivity (Wildman–Crippen MR) is 121 cm³/mol. The molecule has 9 nitrogen and oxygen atoms in total. The number of aryl methyl sites for hydroxylation is 1. The van der Waals surface area contributed by atoms with Gasteiger partial charge >= 0.3 is 5.97 Å². The second-order valence-electron chi connectivity index (χ2n) is 6.90. The van der Waals surface area contributed by atoms with Crippen LogP contribution in [0.2, 0.25) is 0 Å². The summed E-state index contributed by atoms with van der Waals surface area (Å²) < 4.78 is 7.32. The first kappa shape index (κ1) is 21.1. The molecule has 0 amide bonds. The minimum absolute atomic E-state index is 0.0121. The maximum absolute atomic E-state index is 11.7. The number of nitro benzene ring substituents is 1. The molecule has 0 saturated carbocycles. The van der Waals surface area contributed by atoms with Crippen molar-refractivity contribution in [2.75, 3.05) is 5.32 Å². The number of anilines is 2. The van der Waals surface area contributed by atoms with E-state index in [-0.39, 0.29) is 28.6 Å². The Bertz CT molecular complexity index is 1280. The number of hydrogen-bond acceptors (Lipinski definition) is 7. The zero-order valence-electron chi connectivity index (χ0n) is 16.9. The molecule has 0 aliphatic carbocycles. The number of thiophene rings is 1. The molecular weight excluding hydrogens is 432 g/mol. The number of carbonyl (C=O) groups is 1. The maximum atomic E-state index is 11.7. The van der Waals surface area contributed by atoms with Crippen molar-refractivity contribution in [2.24, 2.45) is 7.05 Å². The fourth-order valence-electron chi connectivity index (χ4n) is 3.10. The van der Waals surface area contributed by atoms with Crippen LogP contribution in [0.25, 0.3) is 11.1 Å². The van der Waals surface area contributed by atoms with Crippen LogP contribution in [0.1, 0.15) is 15.2 Å². The molecule has 0 unspecified atom stereocenters. The quantitative estimate of drug-likeness (QED) is 0.284. The highest BCUT2D eigenvalue weighted by molar-refractivity contribution is 7.18. The highest BCUT2D eigenvalue weighted by Crippen LogP contribution is 2.38. The molecule has 0 atom stereocenters. The van der Waals surface area contributed by atoms with E-state index in [0.29, 0.717) is 10.6 Å². The lowest BCUT2D eigenvalue weighted by Crippen LogP contribution is -1.99. The first-order chi connectivity index (χ1) is 15.4. The highest BCUT2D eigenvalue weighted by Gasteiger charge is 2.21. The number of nitrogens with one attached hydrogen (secondary N) is 1. The molecule has 0 radical (unpaired) electrons. The van der Waals surface area contributed by atoms with Crippen molar-refractivity contribution in [3.63, 3.8) is 0 Å². The van der Waals surface area contributed by atoms with Gasteiger partial charge in [0.1, 0.15) is 18.0 Å². The largest absolute Gasteiger partial charge is 0.487 e. The Morgan fingerprint density at radius 2 is 2.00 bits per heavy atom. The van der Waals surface area contributed by atoms with Gasteiger partial charge in [-0.1, -0.05) is 36.4 Å². The van der Waals surface area contributed by atoms with Crippen LogP contribution in [0, 0.1) is 10.1 Å². The molecule has 0 spiro atoms. The Hall–Kier alpha value is -4.18. The third kappa shape index (κ3) is 4.60. The van der Waals surface area contributed by atoms with Gasteiger partial charge in [-0.25, -0.2) is 4.79 Å². The van der Waals surface area contributed by atoms with Crippen molar-refractivity contribution in [3.8, 4) is 16.9 Å². The molecule has 2 aromatic heterocycles. The van der Waals surface area contributed by atoms with E-state index >= 15 is 0 Å². The summed E-state index contributed by atoms with van der Waals surface area (Å²) in [7, 11) is 1.77. The van der Waals surface area contributed by atoms with Crippen molar-refractivity contribution >= 4 is 33.7 Å². The van der Waals surface area contributed by atoms with Gasteiger partial charge in [-0.15, -0.1) is 11.3 Å². The summed E-state index contributed by atoms with van der Waals surface area (Å²) in [5.41, 5.74) is 2.41. The monoisotopic (exact) mass is 450 g/mol. The van der Waals surface area contributed by atoms with Crippen molar-refractivity contribution in [1.29, 1.82) is 0 Å². The number of benzene rings is 2. The molecule has 10 heteroatoms. The fraction of sp³-hybridized carbons (Fsp3) is 0.0909. The molecule has 0 bridgehead atoms. The van der Waals surface area contributed by atoms with E-state index in [1.807, 2.05) is 30.3 Å². The fourth-order valence-corrected chi connectivity index (χ4v) is 3.95. The minimum Gasteiger partial charge on any atom is -0.487 e. The van der Waals surface area contributed by atoms with Crippen molar-refractivity contribution < 1.29 is 19.6 Å². The Balaban J connectivity index is 1.60. The summed E-state index contributed by atoms with van der Waals surface area (Å²) in [6.07, 6.45) is 3.39. The zero-order chi connectivity index (χ0) is 22.7. The average Bonchev–Trinajstić information content (AvgIpc) is 3.39. The molecule has 2 N–H and O–H groups in total. The molecule has 2 aromatic carbocycles. The number of ether oxygens (including phenoxy) is 1. The van der Waals surface area contributed by atoms with E-state index in [4.69, 9.17) is 4.74 Å². The number of aromatic nitrogens is 2. The van der Waals surface area contributed by atoms with Gasteiger partial charge in [0.25, 0.3) is 5.69 Å². The number of nitrogens with zero attached hydrogens (tertiary/aromatic N) is 3. The predicted octanol–water partition coefficient (Wildman–Crippen LogP) is 5.08. The van der Waals surface area contributed by atoms with Gasteiger partial charge in [-0.3, -0.25) is 14.8 Å². The summed E-state index contributed by atoms with van der Waals surface area (Å²) in [6, 6.07) is 15.7. The van der Waals surface area contributed by atoms with Gasteiger partial charge in [0.15, 0.2) is 4.88 Å². The third-order valence-electron chi connectivity index (χ3n) is 4.62. The Morgan fingerprint density at radius 1 is 1.22 bits per heavy atom. The molecular formula is C22H18N4O5S. The van der Waals surface area contributed by atoms with E-state index in [9.17, 15) is 20.0 Å². The Labute approximate surface area is 186 Å². The molecule has 4 aromatic rings. The molecule has 0 aliphatic rings. The lowest BCUT2D eigenvalue weighted by atomic mass is 10.1. The van der Waals surface area contributed by atoms with E-state index in [2.05, 4.69) is 10.4 Å². The number of carboxylic acids is 1. The highest BCUT2D eigenvalue weighted by atomic mass is 32.1. The average molecular weight is 450 g/mol. The van der Waals surface area contributed by atoms with Gasteiger partial charge in [0.2, 0.25) is 0 Å². The number of rotatable bonds is 8. The van der Waals surface area contributed by atoms with Gasteiger partial charge in [0.05, 0.1) is 16.1 Å². The summed E-state index contributed by atoms with van der Waals surface area (Å²) in [6.45, 7) is 0.206. The lowest BCUT2D eigenvalue weighted by Gasteiger charge is -2.07. The summed E-state index contributed by atoms with van der Waals surface area (Å²) in [5, 5.41) is 28.7. The smallest absolute Gasteiger partial charge is 0.349 e. The molecule has 0 saturated heterocycles. The lowest BCUT2D eigenvalue weighted by molar-refractivity contribution is -0.383. The van der Waals surface area contributed by atoms with Crippen LogP contribution in [0.3, 0.4) is 0 Å². The van der Waals surface area contributed by atoms with Gasteiger partial charge in [-0.2, -0.15) is 5.10 Å². The number of aromatic carboxylic acids is 1. The van der Waals surface area contributed by atoms with Crippen LogP contribution in [0.5, 0.6) is 5.75 Å². The molecule has 4 rings (SSSR count). The van der Waals surface area contributed by atoms with E-state index in [0.717, 1.165) is 22.5 Å². The topological polar surface area (TPSA) is 120 Å². The molecule has 162 valence electrons. The van der Waals surface area contributed by atoms with Crippen molar-refractivity contribution in [3.05, 3.63) is 87.5 Å². The Kier molecular flexibility index (Phi) is 5.86. The van der Waals surface area contributed by atoms with Gasteiger partial charge < -0.3 is 15.2 Å². The molecule has 2 heterocycles. The second-order valence-corrected chi connectivity index (χ2v) is 7.95. The van der Waals surface area contributed by atoms with Crippen LogP contribution in [-0.2, 0) is 13.7 Å². The van der Waals surface area contributed by atoms with Gasteiger partial charge in [-0.05, 0) is 17.2 Å².